The topological polar surface area (TPSA) is 34.1 Å². The Labute approximate surface area is 107 Å². The highest BCUT2D eigenvalue weighted by Crippen LogP contribution is 2.17. The van der Waals surface area contributed by atoms with Gasteiger partial charge in [-0.25, -0.2) is 4.98 Å². The number of hydrogen-bond acceptors (Lipinski definition) is 3. The van der Waals surface area contributed by atoms with Crippen LogP contribution in [-0.2, 0) is 19.6 Å². The lowest BCUT2D eigenvalue weighted by molar-refractivity contribution is 0.292. The van der Waals surface area contributed by atoms with Gasteiger partial charge in [-0.15, -0.1) is 0 Å². The number of pyridine rings is 1. The van der Waals surface area contributed by atoms with Gasteiger partial charge in [-0.05, 0) is 11.1 Å². The van der Waals surface area contributed by atoms with Gasteiger partial charge < -0.3 is 10.1 Å². The van der Waals surface area contributed by atoms with Crippen molar-refractivity contribution in [3.63, 3.8) is 0 Å². The summed E-state index contributed by atoms with van der Waals surface area (Å²) in [6.45, 7) is 2.49. The molecule has 0 saturated carbocycles. The van der Waals surface area contributed by atoms with E-state index in [1.54, 1.807) is 0 Å². The maximum absolute atomic E-state index is 5.73. The zero-order valence-electron chi connectivity index (χ0n) is 10.2. The molecule has 0 fully saturated rings. The number of nitrogens with one attached hydrogen (secondary N) is 1. The summed E-state index contributed by atoms with van der Waals surface area (Å²) in [7, 11) is 0. The minimum absolute atomic E-state index is 0.574. The molecule has 2 heterocycles. The molecule has 3 nitrogen and oxygen atoms in total. The molecular weight excluding hydrogens is 224 g/mol. The first-order chi connectivity index (χ1) is 8.92. The normalized spacial score (nSPS) is 14.0. The van der Waals surface area contributed by atoms with E-state index in [1.165, 1.54) is 16.8 Å². The molecule has 1 aliphatic rings. The molecule has 92 valence electrons. The van der Waals surface area contributed by atoms with Crippen LogP contribution in [0.15, 0.2) is 42.5 Å². The molecule has 1 aliphatic heterocycles. The van der Waals surface area contributed by atoms with E-state index >= 15 is 0 Å². The van der Waals surface area contributed by atoms with Gasteiger partial charge in [-0.3, -0.25) is 0 Å². The number of aromatic nitrogens is 1. The fraction of sp³-hybridized carbons (Fsp3) is 0.267. The molecule has 3 rings (SSSR count). The summed E-state index contributed by atoms with van der Waals surface area (Å²) in [5.74, 6) is 0.722. The molecule has 1 aromatic carbocycles. The lowest BCUT2D eigenvalue weighted by Crippen LogP contribution is -2.24. The van der Waals surface area contributed by atoms with Crippen molar-refractivity contribution in [1.29, 1.82) is 0 Å². The Hall–Kier alpha value is -1.87. The molecule has 0 saturated heterocycles. The first kappa shape index (κ1) is 11.2. The molecule has 0 bridgehead atoms. The van der Waals surface area contributed by atoms with Crippen LogP contribution in [0.2, 0.25) is 0 Å². The number of rotatable bonds is 3. The lowest BCUT2D eigenvalue weighted by Gasteiger charge is -2.16. The van der Waals surface area contributed by atoms with Gasteiger partial charge in [0.15, 0.2) is 0 Å². The quantitative estimate of drug-likeness (QED) is 0.894. The van der Waals surface area contributed by atoms with Gasteiger partial charge in [0.25, 0.3) is 0 Å². The van der Waals surface area contributed by atoms with Crippen LogP contribution in [0.4, 0.5) is 0 Å². The van der Waals surface area contributed by atoms with Gasteiger partial charge in [0.05, 0.1) is 5.69 Å². The molecule has 3 heteroatoms. The van der Waals surface area contributed by atoms with Crippen molar-refractivity contribution in [2.24, 2.45) is 0 Å². The largest absolute Gasteiger partial charge is 0.473 e. The summed E-state index contributed by atoms with van der Waals surface area (Å²) in [6.07, 6.45) is 0.984. The zero-order valence-corrected chi connectivity index (χ0v) is 10.2. The molecular formula is C15H16N2O. The maximum atomic E-state index is 5.73. The minimum atomic E-state index is 0.574. The third-order valence-corrected chi connectivity index (χ3v) is 3.13. The van der Waals surface area contributed by atoms with E-state index in [2.05, 4.69) is 28.5 Å². The highest BCUT2D eigenvalue weighted by molar-refractivity contribution is 5.28. The maximum Gasteiger partial charge on any atom is 0.213 e. The van der Waals surface area contributed by atoms with Gasteiger partial charge in [0.1, 0.15) is 6.61 Å². The van der Waals surface area contributed by atoms with Crippen LogP contribution in [0.3, 0.4) is 0 Å². The Morgan fingerprint density at radius 3 is 2.89 bits per heavy atom. The summed E-state index contributed by atoms with van der Waals surface area (Å²) < 4.78 is 5.73. The SMILES string of the molecule is c1ccc(COc2ccc3c(n2)CCNC3)cc1. The summed E-state index contributed by atoms with van der Waals surface area (Å²) >= 11 is 0. The Morgan fingerprint density at radius 1 is 1.11 bits per heavy atom. The van der Waals surface area contributed by atoms with Gasteiger partial charge in [0.2, 0.25) is 5.88 Å². The molecule has 0 atom stereocenters. The van der Waals surface area contributed by atoms with Gasteiger partial charge in [-0.1, -0.05) is 36.4 Å². The average molecular weight is 240 g/mol. The van der Waals surface area contributed by atoms with E-state index in [-0.39, 0.29) is 0 Å². The zero-order chi connectivity index (χ0) is 12.2. The van der Waals surface area contributed by atoms with E-state index in [9.17, 15) is 0 Å². The molecule has 0 radical (unpaired) electrons. The van der Waals surface area contributed by atoms with Crippen molar-refractivity contribution in [3.8, 4) is 5.88 Å². The standard InChI is InChI=1S/C15H16N2O/c1-2-4-12(5-3-1)11-18-15-7-6-13-10-16-9-8-14(13)17-15/h1-7,16H,8-11H2. The highest BCUT2D eigenvalue weighted by Gasteiger charge is 2.10. The third-order valence-electron chi connectivity index (χ3n) is 3.13. The predicted octanol–water partition coefficient (Wildman–Crippen LogP) is 2.31. The molecule has 0 unspecified atom stereocenters. The molecule has 0 amide bonds. The van der Waals surface area contributed by atoms with Gasteiger partial charge in [-0.2, -0.15) is 0 Å². The van der Waals surface area contributed by atoms with E-state index < -0.39 is 0 Å². The Kier molecular flexibility index (Phi) is 3.24. The molecule has 0 aliphatic carbocycles. The number of benzene rings is 1. The van der Waals surface area contributed by atoms with Crippen molar-refractivity contribution < 1.29 is 4.74 Å². The van der Waals surface area contributed by atoms with E-state index in [0.29, 0.717) is 6.61 Å². The van der Waals surface area contributed by atoms with E-state index in [4.69, 9.17) is 4.74 Å². The monoisotopic (exact) mass is 240 g/mol. The van der Waals surface area contributed by atoms with Gasteiger partial charge >= 0.3 is 0 Å². The second-order valence-electron chi connectivity index (χ2n) is 4.46. The van der Waals surface area contributed by atoms with Crippen LogP contribution in [-0.4, -0.2) is 11.5 Å². The van der Waals surface area contributed by atoms with Crippen LogP contribution in [0.1, 0.15) is 16.8 Å². The molecule has 0 spiro atoms. The van der Waals surface area contributed by atoms with Crippen LogP contribution in [0.25, 0.3) is 0 Å². The van der Waals surface area contributed by atoms with Crippen molar-refractivity contribution in [2.75, 3.05) is 6.54 Å². The van der Waals surface area contributed by atoms with E-state index in [1.807, 2.05) is 24.3 Å². The first-order valence-electron chi connectivity index (χ1n) is 6.28. The van der Waals surface area contributed by atoms with Crippen LogP contribution in [0.5, 0.6) is 5.88 Å². The Morgan fingerprint density at radius 2 is 2.00 bits per heavy atom. The van der Waals surface area contributed by atoms with Crippen LogP contribution >= 0.6 is 0 Å². The molecule has 2 aromatic rings. The number of nitrogens with zero attached hydrogens (tertiary/aromatic N) is 1. The van der Waals surface area contributed by atoms with Crippen molar-refractivity contribution >= 4 is 0 Å². The highest BCUT2D eigenvalue weighted by atomic mass is 16.5. The molecule has 1 N–H and O–H groups in total. The van der Waals surface area contributed by atoms with Crippen molar-refractivity contribution in [1.82, 2.24) is 10.3 Å². The second-order valence-corrected chi connectivity index (χ2v) is 4.46. The summed E-state index contributed by atoms with van der Waals surface area (Å²) in [6, 6.07) is 14.2. The summed E-state index contributed by atoms with van der Waals surface area (Å²) in [5, 5.41) is 3.34. The van der Waals surface area contributed by atoms with Crippen LogP contribution < -0.4 is 10.1 Å². The van der Waals surface area contributed by atoms with Crippen LogP contribution in [0, 0.1) is 0 Å². The fourth-order valence-corrected chi connectivity index (χ4v) is 2.13. The predicted molar refractivity (Wildman–Crippen MR) is 70.4 cm³/mol. The molecule has 1 aromatic heterocycles. The van der Waals surface area contributed by atoms with Gasteiger partial charge in [0, 0.05) is 25.6 Å². The number of ether oxygens (including phenoxy) is 1. The van der Waals surface area contributed by atoms with Crippen molar-refractivity contribution in [2.45, 2.75) is 19.6 Å². The summed E-state index contributed by atoms with van der Waals surface area (Å²) in [4.78, 5) is 4.57. The average Bonchev–Trinajstić information content (AvgIpc) is 2.46. The first-order valence-corrected chi connectivity index (χ1v) is 6.28. The number of hydrogen-bond donors (Lipinski definition) is 1. The lowest BCUT2D eigenvalue weighted by atomic mass is 10.1. The summed E-state index contributed by atoms with van der Waals surface area (Å²) in [5.41, 5.74) is 3.62. The third kappa shape index (κ3) is 2.51. The van der Waals surface area contributed by atoms with Crippen molar-refractivity contribution in [3.05, 3.63) is 59.3 Å². The Balaban J connectivity index is 1.70. The molecule has 18 heavy (non-hydrogen) atoms. The number of fused-ring (bicyclic) bond motifs is 1. The van der Waals surface area contributed by atoms with E-state index in [0.717, 1.165) is 25.4 Å². The smallest absolute Gasteiger partial charge is 0.213 e. The minimum Gasteiger partial charge on any atom is -0.473 e. The fourth-order valence-electron chi connectivity index (χ4n) is 2.13. The Bertz CT molecular complexity index is 525. The second kappa shape index (κ2) is 5.19.